The summed E-state index contributed by atoms with van der Waals surface area (Å²) >= 11 is 0. The van der Waals surface area contributed by atoms with Gasteiger partial charge in [0.25, 0.3) is 11.5 Å². The molecule has 1 amide bonds. The molecule has 1 unspecified atom stereocenters. The smallest absolute Gasteiger partial charge is 0.272 e. The van der Waals surface area contributed by atoms with Gasteiger partial charge in [-0.2, -0.15) is 10.2 Å². The van der Waals surface area contributed by atoms with Crippen molar-refractivity contribution < 1.29 is 9.53 Å². The molecule has 2 heterocycles. The minimum absolute atomic E-state index is 0.150. The second-order valence-corrected chi connectivity index (χ2v) is 4.34. The molecule has 9 nitrogen and oxygen atoms in total. The van der Waals surface area contributed by atoms with Crippen molar-refractivity contribution in [3.8, 4) is 0 Å². The molecule has 0 aromatic carbocycles. The molecule has 0 aliphatic heterocycles. The first kappa shape index (κ1) is 14.9. The van der Waals surface area contributed by atoms with Crippen LogP contribution >= 0.6 is 0 Å². The van der Waals surface area contributed by atoms with Crippen molar-refractivity contribution in [3.05, 3.63) is 40.3 Å². The lowest BCUT2D eigenvalue weighted by Gasteiger charge is -2.11. The number of H-pyrrole nitrogens is 1. The van der Waals surface area contributed by atoms with Crippen LogP contribution in [0, 0.1) is 0 Å². The van der Waals surface area contributed by atoms with Crippen LogP contribution in [0.2, 0.25) is 0 Å². The van der Waals surface area contributed by atoms with Crippen LogP contribution in [0.4, 0.5) is 0 Å². The van der Waals surface area contributed by atoms with E-state index in [4.69, 9.17) is 4.74 Å². The zero-order valence-corrected chi connectivity index (χ0v) is 11.7. The van der Waals surface area contributed by atoms with Crippen molar-refractivity contribution in [3.63, 3.8) is 0 Å². The minimum Gasteiger partial charge on any atom is -0.383 e. The van der Waals surface area contributed by atoms with Crippen molar-refractivity contribution in [2.75, 3.05) is 13.7 Å². The Morgan fingerprint density at radius 3 is 3.00 bits per heavy atom. The topological polar surface area (TPSA) is 115 Å². The van der Waals surface area contributed by atoms with Crippen LogP contribution in [0.5, 0.6) is 0 Å². The Balaban J connectivity index is 2.10. The van der Waals surface area contributed by atoms with E-state index in [2.05, 4.69) is 25.6 Å². The van der Waals surface area contributed by atoms with E-state index in [9.17, 15) is 9.59 Å². The molecule has 0 bridgehead atoms. The van der Waals surface area contributed by atoms with Gasteiger partial charge in [0.2, 0.25) is 0 Å². The maximum Gasteiger partial charge on any atom is 0.272 e. The third-order valence-corrected chi connectivity index (χ3v) is 2.80. The third-order valence-electron chi connectivity index (χ3n) is 2.80. The number of carbonyl (C=O) groups excluding carboxylic acids is 1. The van der Waals surface area contributed by atoms with E-state index in [1.54, 1.807) is 6.92 Å². The first-order valence-electron chi connectivity index (χ1n) is 6.35. The predicted molar refractivity (Wildman–Crippen MR) is 72.6 cm³/mol. The Hall–Kier alpha value is -2.55. The van der Waals surface area contributed by atoms with Crippen LogP contribution in [0.3, 0.4) is 0 Å². The van der Waals surface area contributed by atoms with E-state index in [1.165, 1.54) is 30.3 Å². The SMILES string of the molecule is COCCn1nc(C(=O)NC(C)c2ncn[nH]2)ccc1=O. The van der Waals surface area contributed by atoms with Crippen LogP contribution in [0.1, 0.15) is 29.3 Å². The second-order valence-electron chi connectivity index (χ2n) is 4.34. The van der Waals surface area contributed by atoms with Gasteiger partial charge in [0.05, 0.1) is 19.2 Å². The summed E-state index contributed by atoms with van der Waals surface area (Å²) in [6.07, 6.45) is 1.36. The average molecular weight is 292 g/mol. The lowest BCUT2D eigenvalue weighted by molar-refractivity contribution is 0.0929. The van der Waals surface area contributed by atoms with E-state index >= 15 is 0 Å². The molecule has 9 heteroatoms. The van der Waals surface area contributed by atoms with Crippen molar-refractivity contribution in [1.82, 2.24) is 30.3 Å². The van der Waals surface area contributed by atoms with Crippen LogP contribution in [0.15, 0.2) is 23.3 Å². The minimum atomic E-state index is -0.398. The first-order chi connectivity index (χ1) is 10.1. The summed E-state index contributed by atoms with van der Waals surface area (Å²) in [4.78, 5) is 27.7. The van der Waals surface area contributed by atoms with Gasteiger partial charge in [-0.25, -0.2) is 9.67 Å². The summed E-state index contributed by atoms with van der Waals surface area (Å²) in [6, 6.07) is 2.34. The van der Waals surface area contributed by atoms with Crippen LogP contribution in [0.25, 0.3) is 0 Å². The highest BCUT2D eigenvalue weighted by atomic mass is 16.5. The van der Waals surface area contributed by atoms with Crippen molar-refractivity contribution in [1.29, 1.82) is 0 Å². The molecule has 0 aliphatic rings. The highest BCUT2D eigenvalue weighted by Gasteiger charge is 2.15. The molecule has 1 atom stereocenters. The molecular formula is C12H16N6O3. The molecule has 0 radical (unpaired) electrons. The van der Waals surface area contributed by atoms with E-state index in [1.807, 2.05) is 0 Å². The predicted octanol–water partition coefficient (Wildman–Crippen LogP) is -0.501. The van der Waals surface area contributed by atoms with Gasteiger partial charge in [-0.15, -0.1) is 0 Å². The molecule has 0 aliphatic carbocycles. The van der Waals surface area contributed by atoms with Gasteiger partial charge in [-0.1, -0.05) is 0 Å². The highest BCUT2D eigenvalue weighted by molar-refractivity contribution is 5.92. The maximum absolute atomic E-state index is 12.1. The summed E-state index contributed by atoms with van der Waals surface area (Å²) in [5.74, 6) is 0.140. The standard InChI is InChI=1S/C12H16N6O3/c1-8(11-13-7-14-16-11)15-12(20)9-3-4-10(19)18(17-9)5-6-21-2/h3-4,7-8H,5-6H2,1-2H3,(H,15,20)(H,13,14,16). The van der Waals surface area contributed by atoms with Gasteiger partial charge < -0.3 is 10.1 Å². The Morgan fingerprint density at radius 2 is 2.33 bits per heavy atom. The van der Waals surface area contributed by atoms with E-state index in [0.717, 1.165) is 0 Å². The molecule has 2 N–H and O–H groups in total. The summed E-state index contributed by atoms with van der Waals surface area (Å²) in [5.41, 5.74) is -0.135. The number of aromatic nitrogens is 5. The number of aromatic amines is 1. The first-order valence-corrected chi connectivity index (χ1v) is 6.35. The lowest BCUT2D eigenvalue weighted by Crippen LogP contribution is -2.32. The van der Waals surface area contributed by atoms with Gasteiger partial charge >= 0.3 is 0 Å². The third kappa shape index (κ3) is 3.72. The van der Waals surface area contributed by atoms with Gasteiger partial charge in [-0.3, -0.25) is 14.7 Å². The van der Waals surface area contributed by atoms with Gasteiger partial charge in [0.15, 0.2) is 0 Å². The summed E-state index contributed by atoms with van der Waals surface area (Å²) in [5, 5.41) is 13.1. The Morgan fingerprint density at radius 1 is 1.52 bits per heavy atom. The van der Waals surface area contributed by atoms with E-state index in [0.29, 0.717) is 12.4 Å². The normalized spacial score (nSPS) is 12.1. The molecule has 21 heavy (non-hydrogen) atoms. The molecule has 0 saturated carbocycles. The number of nitrogens with zero attached hydrogens (tertiary/aromatic N) is 4. The Kier molecular flexibility index (Phi) is 4.77. The molecule has 0 spiro atoms. The summed E-state index contributed by atoms with van der Waals surface area (Å²) in [6.45, 7) is 2.39. The fourth-order valence-corrected chi connectivity index (χ4v) is 1.67. The van der Waals surface area contributed by atoms with Gasteiger partial charge in [0.1, 0.15) is 17.8 Å². The number of methoxy groups -OCH3 is 1. The second kappa shape index (κ2) is 6.75. The summed E-state index contributed by atoms with van der Waals surface area (Å²) in [7, 11) is 1.53. The number of hydrogen-bond donors (Lipinski definition) is 2. The van der Waals surface area contributed by atoms with Gasteiger partial charge in [-0.05, 0) is 13.0 Å². The fraction of sp³-hybridized carbons (Fsp3) is 0.417. The molecule has 2 aromatic heterocycles. The number of carbonyl (C=O) groups is 1. The molecule has 112 valence electrons. The number of nitrogens with one attached hydrogen (secondary N) is 2. The zero-order valence-electron chi connectivity index (χ0n) is 11.7. The van der Waals surface area contributed by atoms with Crippen molar-refractivity contribution in [2.45, 2.75) is 19.5 Å². The largest absolute Gasteiger partial charge is 0.383 e. The highest BCUT2D eigenvalue weighted by Crippen LogP contribution is 2.05. The molecule has 2 aromatic rings. The number of amides is 1. The van der Waals surface area contributed by atoms with Crippen molar-refractivity contribution >= 4 is 5.91 Å². The van der Waals surface area contributed by atoms with Crippen LogP contribution < -0.4 is 10.9 Å². The lowest BCUT2D eigenvalue weighted by atomic mass is 10.3. The van der Waals surface area contributed by atoms with Crippen molar-refractivity contribution in [2.24, 2.45) is 0 Å². The maximum atomic E-state index is 12.1. The quantitative estimate of drug-likeness (QED) is 0.741. The van der Waals surface area contributed by atoms with Crippen LogP contribution in [-0.2, 0) is 11.3 Å². The Bertz CT molecular complexity index is 651. The monoisotopic (exact) mass is 292 g/mol. The fourth-order valence-electron chi connectivity index (χ4n) is 1.67. The zero-order chi connectivity index (χ0) is 15.2. The Labute approximate surface area is 120 Å². The number of rotatable bonds is 6. The summed E-state index contributed by atoms with van der Waals surface area (Å²) < 4.78 is 6.09. The molecule has 0 fully saturated rings. The average Bonchev–Trinajstić information content (AvgIpc) is 3.00. The van der Waals surface area contributed by atoms with E-state index < -0.39 is 5.91 Å². The molecular weight excluding hydrogens is 276 g/mol. The van der Waals surface area contributed by atoms with Crippen LogP contribution in [-0.4, -0.2) is 44.6 Å². The van der Waals surface area contributed by atoms with Gasteiger partial charge in [0, 0.05) is 13.2 Å². The van der Waals surface area contributed by atoms with E-state index in [-0.39, 0.29) is 23.8 Å². The number of ether oxygens (including phenoxy) is 1. The molecule has 0 saturated heterocycles. The molecule has 2 rings (SSSR count). The number of hydrogen-bond acceptors (Lipinski definition) is 6.